The first-order valence-electron chi connectivity index (χ1n) is 8.48. The quantitative estimate of drug-likeness (QED) is 0.724. The van der Waals surface area contributed by atoms with Gasteiger partial charge in [0.15, 0.2) is 11.5 Å². The highest BCUT2D eigenvalue weighted by Crippen LogP contribution is 2.32. The highest BCUT2D eigenvalue weighted by Gasteiger charge is 2.14. The maximum Gasteiger partial charge on any atom is 0.231 e. The van der Waals surface area contributed by atoms with Gasteiger partial charge < -0.3 is 20.5 Å². The van der Waals surface area contributed by atoms with E-state index in [2.05, 4.69) is 16.4 Å². The van der Waals surface area contributed by atoms with Crippen LogP contribution < -0.4 is 20.5 Å². The summed E-state index contributed by atoms with van der Waals surface area (Å²) in [5.74, 6) is 2.01. The zero-order valence-corrected chi connectivity index (χ0v) is 15.6. The molecule has 0 fully saturated rings. The molecule has 3 rings (SSSR count). The van der Waals surface area contributed by atoms with E-state index in [4.69, 9.17) is 15.2 Å². The van der Waals surface area contributed by atoms with Crippen LogP contribution in [0.25, 0.3) is 0 Å². The number of rotatable bonds is 7. The fourth-order valence-corrected chi connectivity index (χ4v) is 2.85. The van der Waals surface area contributed by atoms with Gasteiger partial charge in [-0.25, -0.2) is 4.98 Å². The van der Waals surface area contributed by atoms with E-state index in [0.717, 1.165) is 41.8 Å². The first-order chi connectivity index (χ1) is 12.1. The number of aromatic nitrogens is 1. The van der Waals surface area contributed by atoms with Crippen molar-refractivity contribution in [2.24, 2.45) is 0 Å². The molecule has 0 atom stereocenters. The highest BCUT2D eigenvalue weighted by molar-refractivity contribution is 5.85. The molecule has 0 unspecified atom stereocenters. The number of ether oxygens (including phenoxy) is 2. The third kappa shape index (κ3) is 5.52. The van der Waals surface area contributed by atoms with E-state index in [0.29, 0.717) is 24.5 Å². The average Bonchev–Trinajstić information content (AvgIpc) is 3.01. The van der Waals surface area contributed by atoms with E-state index in [1.54, 1.807) is 0 Å². The number of carbonyl (C=O) groups is 1. The zero-order chi connectivity index (χ0) is 17.6. The number of hydrogen-bond acceptors (Lipinski definition) is 5. The van der Waals surface area contributed by atoms with Gasteiger partial charge in [-0.3, -0.25) is 4.79 Å². The van der Waals surface area contributed by atoms with Crippen molar-refractivity contribution in [3.05, 3.63) is 47.2 Å². The summed E-state index contributed by atoms with van der Waals surface area (Å²) in [6.07, 6.45) is 3.07. The lowest BCUT2D eigenvalue weighted by Gasteiger charge is -2.07. The third-order valence-electron chi connectivity index (χ3n) is 4.03. The van der Waals surface area contributed by atoms with Crippen molar-refractivity contribution in [2.45, 2.75) is 32.6 Å². The predicted molar refractivity (Wildman–Crippen MR) is 103 cm³/mol. The minimum Gasteiger partial charge on any atom is -0.454 e. The molecule has 1 amide bonds. The lowest BCUT2D eigenvalue weighted by molar-refractivity contribution is -0.120. The van der Waals surface area contributed by atoms with Gasteiger partial charge in [0.1, 0.15) is 5.82 Å². The molecular formula is C19H24ClN3O3. The molecular weight excluding hydrogens is 354 g/mol. The molecule has 1 aliphatic heterocycles. The number of pyridine rings is 1. The summed E-state index contributed by atoms with van der Waals surface area (Å²) in [5.41, 5.74) is 8.80. The summed E-state index contributed by atoms with van der Waals surface area (Å²) >= 11 is 0. The average molecular weight is 378 g/mol. The number of nitrogens with one attached hydrogen (secondary N) is 1. The predicted octanol–water partition coefficient (Wildman–Crippen LogP) is 2.80. The molecule has 140 valence electrons. The van der Waals surface area contributed by atoms with Gasteiger partial charge >= 0.3 is 0 Å². The van der Waals surface area contributed by atoms with Crippen LogP contribution in [0.1, 0.15) is 29.7 Å². The maximum atomic E-state index is 12.0. The van der Waals surface area contributed by atoms with Crippen molar-refractivity contribution in [3.8, 4) is 11.5 Å². The van der Waals surface area contributed by atoms with E-state index in [9.17, 15) is 4.79 Å². The Morgan fingerprint density at radius 1 is 1.19 bits per heavy atom. The number of fused-ring (bicyclic) bond motifs is 1. The van der Waals surface area contributed by atoms with Crippen molar-refractivity contribution >= 4 is 24.1 Å². The summed E-state index contributed by atoms with van der Waals surface area (Å²) in [7, 11) is 0. The van der Waals surface area contributed by atoms with Gasteiger partial charge in [-0.2, -0.15) is 0 Å². The second-order valence-electron chi connectivity index (χ2n) is 6.23. The van der Waals surface area contributed by atoms with Crippen LogP contribution in [0.3, 0.4) is 0 Å². The number of aryl methyl sites for hydroxylation is 2. The van der Waals surface area contributed by atoms with Crippen molar-refractivity contribution in [2.75, 3.05) is 19.1 Å². The topological polar surface area (TPSA) is 86.5 Å². The van der Waals surface area contributed by atoms with Gasteiger partial charge in [0.25, 0.3) is 0 Å². The first-order valence-corrected chi connectivity index (χ1v) is 8.48. The van der Waals surface area contributed by atoms with Crippen LogP contribution in [0.5, 0.6) is 11.5 Å². The lowest BCUT2D eigenvalue weighted by Crippen LogP contribution is -2.26. The van der Waals surface area contributed by atoms with Crippen molar-refractivity contribution in [1.82, 2.24) is 10.3 Å². The van der Waals surface area contributed by atoms with Crippen LogP contribution in [0.15, 0.2) is 30.3 Å². The van der Waals surface area contributed by atoms with Crippen LogP contribution in [0.4, 0.5) is 5.82 Å². The molecule has 1 aliphatic rings. The minimum absolute atomic E-state index is 0. The molecule has 0 spiro atoms. The Hall–Kier alpha value is -2.47. The number of amides is 1. The van der Waals surface area contributed by atoms with Gasteiger partial charge in [0.05, 0.1) is 6.42 Å². The molecule has 6 nitrogen and oxygen atoms in total. The second-order valence-corrected chi connectivity index (χ2v) is 6.23. The van der Waals surface area contributed by atoms with Crippen molar-refractivity contribution < 1.29 is 14.3 Å². The Balaban J connectivity index is 0.00000243. The zero-order valence-electron chi connectivity index (χ0n) is 14.8. The molecule has 0 radical (unpaired) electrons. The molecule has 2 heterocycles. The molecule has 1 aromatic heterocycles. The van der Waals surface area contributed by atoms with Crippen LogP contribution in [0, 0.1) is 6.92 Å². The number of carbonyl (C=O) groups excluding carboxylic acids is 1. The second kappa shape index (κ2) is 9.29. The van der Waals surface area contributed by atoms with Crippen LogP contribution in [0.2, 0.25) is 0 Å². The standard InChI is InChI=1S/C19H23N3O3.ClH/c1-13-8-15(22-18(20)9-13)4-2-3-7-21-19(23)11-14-5-6-16-17(10-14)25-12-24-16;/h5-6,8-10H,2-4,7,11-12H2,1H3,(H2,20,22)(H,21,23);1H. The van der Waals surface area contributed by atoms with E-state index in [1.807, 2.05) is 31.2 Å². The number of nitrogens with two attached hydrogens (primary N) is 1. The smallest absolute Gasteiger partial charge is 0.231 e. The fourth-order valence-electron chi connectivity index (χ4n) is 2.85. The van der Waals surface area contributed by atoms with E-state index in [-0.39, 0.29) is 25.1 Å². The van der Waals surface area contributed by atoms with E-state index in [1.165, 1.54) is 0 Å². The van der Waals surface area contributed by atoms with E-state index < -0.39 is 0 Å². The SMILES string of the molecule is Cc1cc(N)nc(CCCCNC(=O)Cc2ccc3c(c2)OCO3)c1.Cl. The molecule has 0 bridgehead atoms. The van der Waals surface area contributed by atoms with Crippen LogP contribution >= 0.6 is 12.4 Å². The highest BCUT2D eigenvalue weighted by atomic mass is 35.5. The summed E-state index contributed by atoms with van der Waals surface area (Å²) in [6, 6.07) is 9.50. The van der Waals surface area contributed by atoms with Gasteiger partial charge in [-0.15, -0.1) is 12.4 Å². The van der Waals surface area contributed by atoms with Gasteiger partial charge in [-0.1, -0.05) is 6.07 Å². The Kier molecular flexibility index (Phi) is 7.09. The molecule has 0 saturated carbocycles. The largest absolute Gasteiger partial charge is 0.454 e. The summed E-state index contributed by atoms with van der Waals surface area (Å²) in [6.45, 7) is 2.91. The first kappa shape index (κ1) is 19.8. The fraction of sp³-hybridized carbons (Fsp3) is 0.368. The number of halogens is 1. The molecule has 0 saturated heterocycles. The van der Waals surface area contributed by atoms with Gasteiger partial charge in [-0.05, 0) is 61.6 Å². The molecule has 26 heavy (non-hydrogen) atoms. The minimum atomic E-state index is 0. The number of anilines is 1. The van der Waals surface area contributed by atoms with Crippen molar-refractivity contribution in [1.29, 1.82) is 0 Å². The Labute approximate surface area is 159 Å². The van der Waals surface area contributed by atoms with E-state index >= 15 is 0 Å². The third-order valence-corrected chi connectivity index (χ3v) is 4.03. The van der Waals surface area contributed by atoms with Crippen molar-refractivity contribution in [3.63, 3.8) is 0 Å². The molecule has 3 N–H and O–H groups in total. The van der Waals surface area contributed by atoms with Gasteiger partial charge in [0, 0.05) is 12.2 Å². The number of nitrogens with zero attached hydrogens (tertiary/aromatic N) is 1. The number of benzene rings is 1. The van der Waals surface area contributed by atoms with Crippen LogP contribution in [-0.2, 0) is 17.6 Å². The Bertz CT molecular complexity index is 747. The normalized spacial score (nSPS) is 11.7. The number of unbranched alkanes of at least 4 members (excludes halogenated alkanes) is 1. The molecule has 1 aromatic carbocycles. The number of hydrogen-bond donors (Lipinski definition) is 2. The Morgan fingerprint density at radius 3 is 2.81 bits per heavy atom. The maximum absolute atomic E-state index is 12.0. The van der Waals surface area contributed by atoms with Crippen LogP contribution in [-0.4, -0.2) is 24.2 Å². The summed E-state index contributed by atoms with van der Waals surface area (Å²) in [4.78, 5) is 16.3. The summed E-state index contributed by atoms with van der Waals surface area (Å²) in [5, 5.41) is 2.95. The molecule has 2 aromatic rings. The van der Waals surface area contributed by atoms with Gasteiger partial charge in [0.2, 0.25) is 12.7 Å². The molecule has 0 aliphatic carbocycles. The molecule has 7 heteroatoms. The monoisotopic (exact) mass is 377 g/mol. The lowest BCUT2D eigenvalue weighted by atomic mass is 10.1. The summed E-state index contributed by atoms with van der Waals surface area (Å²) < 4.78 is 10.6. The Morgan fingerprint density at radius 2 is 2.00 bits per heavy atom. The number of nitrogen functional groups attached to an aromatic ring is 1.